The van der Waals surface area contributed by atoms with E-state index in [1.54, 1.807) is 31.2 Å². The Morgan fingerprint density at radius 1 is 1.07 bits per heavy atom. The lowest BCUT2D eigenvalue weighted by Gasteiger charge is -2.06. The highest BCUT2D eigenvalue weighted by atomic mass is 16.5. The van der Waals surface area contributed by atoms with Crippen LogP contribution in [0.5, 0.6) is 5.88 Å². The average Bonchev–Trinajstić information content (AvgIpc) is 2.92. The van der Waals surface area contributed by atoms with Crippen LogP contribution >= 0.6 is 0 Å². The van der Waals surface area contributed by atoms with Gasteiger partial charge in [0, 0.05) is 5.39 Å². The van der Waals surface area contributed by atoms with Crippen LogP contribution in [0.1, 0.15) is 17.3 Å². The number of para-hydroxylation sites is 1. The molecular formula is C19H17N3O5. The van der Waals surface area contributed by atoms with E-state index in [1.165, 1.54) is 28.8 Å². The lowest BCUT2D eigenvalue weighted by molar-refractivity contribution is -0.143. The normalized spacial score (nSPS) is 11.1. The number of nitrogens with zero attached hydrogens (tertiary/aromatic N) is 3. The second kappa shape index (κ2) is 7.69. The Bertz CT molecular complexity index is 1020. The van der Waals surface area contributed by atoms with Gasteiger partial charge in [-0.2, -0.15) is 5.11 Å². The quantitative estimate of drug-likeness (QED) is 0.504. The number of carboxylic acids is 1. The number of benzene rings is 2. The number of fused-ring (bicyclic) bond motifs is 1. The van der Waals surface area contributed by atoms with Crippen molar-refractivity contribution >= 4 is 34.2 Å². The highest BCUT2D eigenvalue weighted by Crippen LogP contribution is 2.39. The fourth-order valence-electron chi connectivity index (χ4n) is 2.64. The van der Waals surface area contributed by atoms with Gasteiger partial charge in [-0.3, -0.25) is 9.36 Å². The number of rotatable bonds is 6. The third-order valence-electron chi connectivity index (χ3n) is 3.89. The average molecular weight is 367 g/mol. The predicted molar refractivity (Wildman–Crippen MR) is 97.8 cm³/mol. The summed E-state index contributed by atoms with van der Waals surface area (Å²) < 4.78 is 6.36. The molecule has 1 aromatic heterocycles. The minimum Gasteiger partial charge on any atom is -0.493 e. The maximum atomic E-state index is 11.8. The first-order valence-electron chi connectivity index (χ1n) is 8.22. The van der Waals surface area contributed by atoms with E-state index in [1.807, 2.05) is 0 Å². The van der Waals surface area contributed by atoms with Gasteiger partial charge >= 0.3 is 11.9 Å². The lowest BCUT2D eigenvalue weighted by atomic mass is 10.2. The molecule has 0 atom stereocenters. The molecule has 8 heteroatoms. The molecule has 0 spiro atoms. The molecule has 0 saturated carbocycles. The number of carbonyl (C=O) groups is 2. The molecule has 0 unspecified atom stereocenters. The monoisotopic (exact) mass is 367 g/mol. The standard InChI is InChI=1S/C19H17N3O5/c1-2-27-16(23)11-22-15-6-4-3-5-14(15)17(18(22)24)21-20-13-9-7-12(8-10-13)19(25)26/h3-10,24H,2,11H2,1H3,(H,25,26). The van der Waals surface area contributed by atoms with Gasteiger partial charge in [0.05, 0.1) is 23.4 Å². The van der Waals surface area contributed by atoms with Crippen LogP contribution in [0.15, 0.2) is 58.8 Å². The van der Waals surface area contributed by atoms with E-state index in [2.05, 4.69) is 10.2 Å². The van der Waals surface area contributed by atoms with Gasteiger partial charge in [0.25, 0.3) is 0 Å². The highest BCUT2D eigenvalue weighted by Gasteiger charge is 2.18. The molecule has 0 aliphatic heterocycles. The zero-order chi connectivity index (χ0) is 19.4. The summed E-state index contributed by atoms with van der Waals surface area (Å²) in [4.78, 5) is 22.7. The Morgan fingerprint density at radius 2 is 1.78 bits per heavy atom. The van der Waals surface area contributed by atoms with Crippen LogP contribution in [0.25, 0.3) is 10.9 Å². The maximum Gasteiger partial charge on any atom is 0.335 e. The molecule has 0 aliphatic rings. The number of esters is 1. The van der Waals surface area contributed by atoms with Gasteiger partial charge in [-0.05, 0) is 37.3 Å². The molecule has 0 saturated heterocycles. The first kappa shape index (κ1) is 18.1. The summed E-state index contributed by atoms with van der Waals surface area (Å²) in [5.74, 6) is -1.70. The molecule has 0 radical (unpaired) electrons. The molecular weight excluding hydrogens is 350 g/mol. The van der Waals surface area contributed by atoms with Crippen molar-refractivity contribution in [1.82, 2.24) is 4.57 Å². The maximum absolute atomic E-state index is 11.8. The predicted octanol–water partition coefficient (Wildman–Crippen LogP) is 4.02. The van der Waals surface area contributed by atoms with Crippen LogP contribution in [-0.4, -0.2) is 33.3 Å². The Labute approximate surface area is 154 Å². The van der Waals surface area contributed by atoms with Crippen molar-refractivity contribution in [3.8, 4) is 5.88 Å². The molecule has 2 N–H and O–H groups in total. The molecule has 27 heavy (non-hydrogen) atoms. The first-order chi connectivity index (χ1) is 13.0. The number of carbonyl (C=O) groups excluding carboxylic acids is 1. The molecule has 0 aliphatic carbocycles. The molecule has 138 valence electrons. The van der Waals surface area contributed by atoms with Crippen molar-refractivity contribution in [1.29, 1.82) is 0 Å². The molecule has 2 aromatic carbocycles. The van der Waals surface area contributed by atoms with E-state index in [4.69, 9.17) is 9.84 Å². The molecule has 0 amide bonds. The molecule has 3 rings (SSSR count). The fourth-order valence-corrected chi connectivity index (χ4v) is 2.64. The van der Waals surface area contributed by atoms with Gasteiger partial charge in [0.2, 0.25) is 5.88 Å². The van der Waals surface area contributed by atoms with Gasteiger partial charge in [-0.1, -0.05) is 18.2 Å². The van der Waals surface area contributed by atoms with E-state index < -0.39 is 11.9 Å². The summed E-state index contributed by atoms with van der Waals surface area (Å²) in [5, 5.41) is 28.3. The molecule has 1 heterocycles. The van der Waals surface area contributed by atoms with Crippen LogP contribution in [0.4, 0.5) is 11.4 Å². The van der Waals surface area contributed by atoms with Crippen LogP contribution < -0.4 is 0 Å². The molecule has 0 fully saturated rings. The molecule has 0 bridgehead atoms. The number of azo groups is 1. The second-order valence-corrected chi connectivity index (χ2v) is 5.63. The first-order valence-corrected chi connectivity index (χ1v) is 8.22. The SMILES string of the molecule is CCOC(=O)Cn1c(O)c(N=Nc2ccc(C(=O)O)cc2)c2ccccc21. The van der Waals surface area contributed by atoms with E-state index in [9.17, 15) is 14.7 Å². The second-order valence-electron chi connectivity index (χ2n) is 5.63. The number of aromatic carboxylic acids is 1. The summed E-state index contributed by atoms with van der Waals surface area (Å²) in [5.41, 5.74) is 1.42. The van der Waals surface area contributed by atoms with Gasteiger partial charge in [0.1, 0.15) is 6.54 Å². The summed E-state index contributed by atoms with van der Waals surface area (Å²) >= 11 is 0. The Kier molecular flexibility index (Phi) is 5.16. The minimum atomic E-state index is -1.03. The summed E-state index contributed by atoms with van der Waals surface area (Å²) in [7, 11) is 0. The summed E-state index contributed by atoms with van der Waals surface area (Å²) in [6.45, 7) is 1.81. The van der Waals surface area contributed by atoms with Crippen LogP contribution in [-0.2, 0) is 16.1 Å². The minimum absolute atomic E-state index is 0.142. The van der Waals surface area contributed by atoms with E-state index in [-0.39, 0.29) is 30.3 Å². The van der Waals surface area contributed by atoms with Gasteiger partial charge in [-0.25, -0.2) is 4.79 Å². The largest absolute Gasteiger partial charge is 0.493 e. The van der Waals surface area contributed by atoms with Crippen LogP contribution in [0.3, 0.4) is 0 Å². The fraction of sp³-hybridized carbons (Fsp3) is 0.158. The third kappa shape index (κ3) is 3.79. The number of carboxylic acid groups (broad SMARTS) is 1. The number of ether oxygens (including phenoxy) is 1. The zero-order valence-corrected chi connectivity index (χ0v) is 14.5. The van der Waals surface area contributed by atoms with Crippen molar-refractivity contribution in [2.45, 2.75) is 13.5 Å². The van der Waals surface area contributed by atoms with Crippen molar-refractivity contribution in [3.63, 3.8) is 0 Å². The van der Waals surface area contributed by atoms with Crippen LogP contribution in [0, 0.1) is 0 Å². The highest BCUT2D eigenvalue weighted by molar-refractivity contribution is 5.95. The molecule has 3 aromatic rings. The topological polar surface area (TPSA) is 113 Å². The van der Waals surface area contributed by atoms with E-state index in [0.29, 0.717) is 16.6 Å². The summed E-state index contributed by atoms with van der Waals surface area (Å²) in [6, 6.07) is 13.0. The van der Waals surface area contributed by atoms with Gasteiger partial charge < -0.3 is 14.9 Å². The number of aromatic hydroxyl groups is 1. The van der Waals surface area contributed by atoms with Crippen molar-refractivity contribution < 1.29 is 24.5 Å². The Hall–Kier alpha value is -3.68. The summed E-state index contributed by atoms with van der Waals surface area (Å²) in [6.07, 6.45) is 0. The molecule has 8 nitrogen and oxygen atoms in total. The van der Waals surface area contributed by atoms with Crippen molar-refractivity contribution in [2.75, 3.05) is 6.61 Å². The van der Waals surface area contributed by atoms with Gasteiger partial charge in [0.15, 0.2) is 5.69 Å². The lowest BCUT2D eigenvalue weighted by Crippen LogP contribution is -2.12. The smallest absolute Gasteiger partial charge is 0.335 e. The third-order valence-corrected chi connectivity index (χ3v) is 3.89. The van der Waals surface area contributed by atoms with Crippen molar-refractivity contribution in [3.05, 3.63) is 54.1 Å². The number of hydrogen-bond acceptors (Lipinski definition) is 6. The zero-order valence-electron chi connectivity index (χ0n) is 14.5. The van der Waals surface area contributed by atoms with Crippen molar-refractivity contribution in [2.24, 2.45) is 10.2 Å². The number of hydrogen-bond donors (Lipinski definition) is 2. The van der Waals surface area contributed by atoms with Crippen LogP contribution in [0.2, 0.25) is 0 Å². The van der Waals surface area contributed by atoms with E-state index in [0.717, 1.165) is 0 Å². The number of aromatic nitrogens is 1. The van der Waals surface area contributed by atoms with Gasteiger partial charge in [-0.15, -0.1) is 5.11 Å². The Morgan fingerprint density at radius 3 is 2.44 bits per heavy atom. The Balaban J connectivity index is 1.97. The van der Waals surface area contributed by atoms with E-state index >= 15 is 0 Å².